The van der Waals surface area contributed by atoms with Crippen LogP contribution in [0.1, 0.15) is 71.1 Å². The summed E-state index contributed by atoms with van der Waals surface area (Å²) in [6.45, 7) is 0.882. The van der Waals surface area contributed by atoms with Gasteiger partial charge in [-0.1, -0.05) is 0 Å². The summed E-state index contributed by atoms with van der Waals surface area (Å²) in [7, 11) is 0. The van der Waals surface area contributed by atoms with Gasteiger partial charge in [0.15, 0.2) is 18.4 Å². The molecule has 1 aliphatic rings. The highest BCUT2D eigenvalue weighted by molar-refractivity contribution is 5.87. The highest BCUT2D eigenvalue weighted by Crippen LogP contribution is 2.22. The third kappa shape index (κ3) is 15.8. The Kier molecular flexibility index (Phi) is 21.5. The normalized spacial score (nSPS) is 24.9. The van der Waals surface area contributed by atoms with Crippen LogP contribution in [0.4, 0.5) is 0 Å². The molecule has 0 radical (unpaired) electrons. The molecule has 1 rings (SSSR count). The van der Waals surface area contributed by atoms with E-state index in [1.54, 1.807) is 0 Å². The molecule has 2 amide bonds. The molecule has 270 valence electrons. The molecule has 10 atom stereocenters. The lowest BCUT2D eigenvalue weighted by Gasteiger charge is -2.39. The van der Waals surface area contributed by atoms with Crippen molar-refractivity contribution in [2.75, 3.05) is 33.0 Å². The van der Waals surface area contributed by atoms with Crippen LogP contribution in [0.2, 0.25) is 0 Å². The highest BCUT2D eigenvalue weighted by Gasteiger charge is 2.43. The number of amides is 2. The first kappa shape index (κ1) is 42.2. The van der Waals surface area contributed by atoms with E-state index < -0.39 is 74.6 Å². The molecule has 0 saturated carbocycles. The van der Waals surface area contributed by atoms with Crippen LogP contribution in [0.25, 0.3) is 0 Å². The zero-order chi connectivity index (χ0) is 34.6. The fourth-order valence-electron chi connectivity index (χ4n) is 4.62. The summed E-state index contributed by atoms with van der Waals surface area (Å²) in [4.78, 5) is 36.4. The molecule has 46 heavy (non-hydrogen) atoms. The highest BCUT2D eigenvalue weighted by atomic mass is 16.7. The van der Waals surface area contributed by atoms with Crippen molar-refractivity contribution >= 4 is 17.6 Å². The Balaban J connectivity index is 2.16. The molecule has 1 fully saturated rings. The van der Waals surface area contributed by atoms with Gasteiger partial charge in [-0.15, -0.1) is 0 Å². The first-order valence-electron chi connectivity index (χ1n) is 15.8. The van der Waals surface area contributed by atoms with Gasteiger partial charge in [0, 0.05) is 39.2 Å². The van der Waals surface area contributed by atoms with Gasteiger partial charge in [0.1, 0.15) is 36.6 Å². The van der Waals surface area contributed by atoms with Crippen molar-refractivity contribution in [1.82, 2.24) is 10.6 Å². The van der Waals surface area contributed by atoms with Gasteiger partial charge in [0.25, 0.3) is 0 Å². The Morgan fingerprint density at radius 1 is 0.783 bits per heavy atom. The average molecular weight is 671 g/mol. The van der Waals surface area contributed by atoms with Crippen LogP contribution in [0.3, 0.4) is 0 Å². The summed E-state index contributed by atoms with van der Waals surface area (Å²) in [6.07, 6.45) is -10.1. The Morgan fingerprint density at radius 3 is 2.07 bits per heavy atom. The predicted octanol–water partition coefficient (Wildman–Crippen LogP) is -3.70. The van der Waals surface area contributed by atoms with Crippen LogP contribution in [0.15, 0.2) is 0 Å². The van der Waals surface area contributed by atoms with E-state index in [4.69, 9.17) is 19.3 Å². The van der Waals surface area contributed by atoms with Gasteiger partial charge in [-0.25, -0.2) is 0 Å². The van der Waals surface area contributed by atoms with Crippen molar-refractivity contribution in [3.05, 3.63) is 0 Å². The van der Waals surface area contributed by atoms with Gasteiger partial charge >= 0.3 is 0 Å². The van der Waals surface area contributed by atoms with Crippen LogP contribution in [-0.2, 0) is 28.6 Å². The van der Waals surface area contributed by atoms with Gasteiger partial charge in [-0.2, -0.15) is 0 Å². The predicted molar refractivity (Wildman–Crippen MR) is 159 cm³/mol. The van der Waals surface area contributed by atoms with Gasteiger partial charge in [0.2, 0.25) is 11.8 Å². The summed E-state index contributed by atoms with van der Waals surface area (Å²) >= 11 is 0. The third-order valence-corrected chi connectivity index (χ3v) is 7.54. The lowest BCUT2D eigenvalue weighted by Crippen LogP contribution is -2.59. The van der Waals surface area contributed by atoms with Crippen molar-refractivity contribution in [1.29, 1.82) is 0 Å². The first-order valence-corrected chi connectivity index (χ1v) is 15.8. The third-order valence-electron chi connectivity index (χ3n) is 7.54. The molecule has 10 unspecified atom stereocenters. The van der Waals surface area contributed by atoms with Gasteiger partial charge < -0.3 is 70.8 Å². The molecule has 17 heteroatoms. The van der Waals surface area contributed by atoms with Crippen molar-refractivity contribution < 1.29 is 74.6 Å². The van der Waals surface area contributed by atoms with E-state index in [-0.39, 0.29) is 50.1 Å². The van der Waals surface area contributed by atoms with E-state index in [0.29, 0.717) is 51.5 Å². The fraction of sp³-hybridized carbons (Fsp3) is 0.897. The molecule has 0 aliphatic carbocycles. The summed E-state index contributed by atoms with van der Waals surface area (Å²) in [5.41, 5.74) is 0. The lowest BCUT2D eigenvalue weighted by molar-refractivity contribution is -0.301. The number of carbonyl (C=O) groups is 3. The van der Waals surface area contributed by atoms with E-state index in [2.05, 4.69) is 10.6 Å². The number of aliphatic hydroxyl groups is 9. The molecule has 0 spiro atoms. The van der Waals surface area contributed by atoms with E-state index >= 15 is 0 Å². The standard InChI is InChI=1S/C29H54N2O15/c1-17(34)18(31-22(37)10-4-7-15-45-29-27(42)25(40)24(39)20(16-33)46-29)8-2-5-12-30-21(36)9-3-6-14-44-28(43)26(41)23(38)19(35)11-13-32/h18-20,23-29,32-33,35,38-43H,2-16H2,1H3,(H,30,36)(H,31,37). The summed E-state index contributed by atoms with van der Waals surface area (Å²) in [5.74, 6) is -0.711. The fourth-order valence-corrected chi connectivity index (χ4v) is 4.62. The SMILES string of the molecule is CC(=O)C(CCCCNC(=O)CCCCOC(O)C(O)C(O)C(O)CCO)NC(=O)CCCCOC1OC(CO)C(O)C(O)C1O. The Hall–Kier alpha value is -1.87. The molecule has 0 aromatic rings. The second-order valence-corrected chi connectivity index (χ2v) is 11.4. The Bertz CT molecular complexity index is 866. The quantitative estimate of drug-likeness (QED) is 0.0329. The average Bonchev–Trinajstić information content (AvgIpc) is 3.02. The van der Waals surface area contributed by atoms with E-state index in [9.17, 15) is 55.2 Å². The van der Waals surface area contributed by atoms with Crippen molar-refractivity contribution in [3.8, 4) is 0 Å². The molecular weight excluding hydrogens is 616 g/mol. The maximum Gasteiger partial charge on any atom is 0.220 e. The number of unbranched alkanes of at least 4 members (excludes halogenated alkanes) is 3. The number of ether oxygens (including phenoxy) is 3. The topological polar surface area (TPSA) is 285 Å². The van der Waals surface area contributed by atoms with Gasteiger partial charge in [0.05, 0.1) is 18.8 Å². The molecule has 1 saturated heterocycles. The van der Waals surface area contributed by atoms with Gasteiger partial charge in [-0.3, -0.25) is 14.4 Å². The number of rotatable bonds is 25. The second kappa shape index (κ2) is 23.5. The monoisotopic (exact) mass is 670 g/mol. The van der Waals surface area contributed by atoms with E-state index in [1.165, 1.54) is 6.92 Å². The van der Waals surface area contributed by atoms with Crippen LogP contribution in [0, 0.1) is 0 Å². The minimum atomic E-state index is -1.76. The lowest BCUT2D eigenvalue weighted by atomic mass is 9.99. The van der Waals surface area contributed by atoms with E-state index in [0.717, 1.165) is 0 Å². The van der Waals surface area contributed by atoms with Crippen LogP contribution < -0.4 is 10.6 Å². The number of nitrogens with one attached hydrogen (secondary N) is 2. The summed E-state index contributed by atoms with van der Waals surface area (Å²) in [5, 5.41) is 91.9. The summed E-state index contributed by atoms with van der Waals surface area (Å²) < 4.78 is 15.7. The molecule has 17 nitrogen and oxygen atoms in total. The minimum absolute atomic E-state index is 0.00238. The van der Waals surface area contributed by atoms with Crippen LogP contribution in [0.5, 0.6) is 0 Å². The van der Waals surface area contributed by atoms with Crippen molar-refractivity contribution in [3.63, 3.8) is 0 Å². The van der Waals surface area contributed by atoms with Crippen molar-refractivity contribution in [2.24, 2.45) is 0 Å². The molecule has 11 N–H and O–H groups in total. The zero-order valence-electron chi connectivity index (χ0n) is 26.4. The Morgan fingerprint density at radius 2 is 1.43 bits per heavy atom. The van der Waals surface area contributed by atoms with Crippen LogP contribution >= 0.6 is 0 Å². The number of hydrogen-bond donors (Lipinski definition) is 11. The van der Waals surface area contributed by atoms with Crippen LogP contribution in [-0.4, -0.2) is 158 Å². The Labute approximate surface area is 268 Å². The number of ketones is 1. The molecule has 0 bridgehead atoms. The molecular formula is C29H54N2O15. The number of aliphatic hydroxyl groups excluding tert-OH is 9. The molecule has 0 aromatic heterocycles. The van der Waals surface area contributed by atoms with Gasteiger partial charge in [-0.05, 0) is 58.3 Å². The molecule has 0 aromatic carbocycles. The number of carbonyl (C=O) groups excluding carboxylic acids is 3. The maximum absolute atomic E-state index is 12.3. The molecule has 1 aliphatic heterocycles. The van der Waals surface area contributed by atoms with E-state index in [1.807, 2.05) is 0 Å². The van der Waals surface area contributed by atoms with Crippen molar-refractivity contribution in [2.45, 2.75) is 132 Å². The second-order valence-electron chi connectivity index (χ2n) is 11.4. The maximum atomic E-state index is 12.3. The largest absolute Gasteiger partial charge is 0.396 e. The zero-order valence-corrected chi connectivity index (χ0v) is 26.4. The molecule has 1 heterocycles. The minimum Gasteiger partial charge on any atom is -0.396 e. The number of Topliss-reactive ketones (excluding diaryl/α,β-unsaturated/α-hetero) is 1. The smallest absolute Gasteiger partial charge is 0.220 e. The first-order chi connectivity index (χ1) is 21.8. The summed E-state index contributed by atoms with van der Waals surface area (Å²) in [6, 6.07) is -0.665. The number of hydrogen-bond acceptors (Lipinski definition) is 15.